The number of nitrogens with zero attached hydrogens (tertiary/aromatic N) is 3. The van der Waals surface area contributed by atoms with Gasteiger partial charge in [0.15, 0.2) is 6.29 Å². The smallest absolute Gasteiger partial charge is 0.410 e. The first-order valence-electron chi connectivity index (χ1n) is 26.8. The Morgan fingerprint density at radius 2 is 1.58 bits per heavy atom. The highest BCUT2D eigenvalue weighted by Crippen LogP contribution is 2.62. The molecule has 2 N–H and O–H groups in total. The summed E-state index contributed by atoms with van der Waals surface area (Å²) in [5.41, 5.74) is 3.35. The maximum Gasteiger partial charge on any atom is 0.410 e. The van der Waals surface area contributed by atoms with Crippen molar-refractivity contribution in [2.24, 2.45) is 22.9 Å². The van der Waals surface area contributed by atoms with E-state index < -0.39 is 28.8 Å². The van der Waals surface area contributed by atoms with Crippen LogP contribution in [-0.2, 0) is 20.9 Å². The van der Waals surface area contributed by atoms with Gasteiger partial charge < -0.3 is 38.7 Å². The van der Waals surface area contributed by atoms with Gasteiger partial charge >= 0.3 is 6.09 Å². The van der Waals surface area contributed by atoms with Crippen molar-refractivity contribution < 1.29 is 53.2 Å². The van der Waals surface area contributed by atoms with E-state index in [9.17, 15) is 29.9 Å². The average molecular weight is 1010 g/mol. The molecular formula is C58H79N3O12. The highest BCUT2D eigenvalue weighted by atomic mass is 16.7. The minimum absolute atomic E-state index is 0.0138. The Hall–Kier alpha value is -5.77. The van der Waals surface area contributed by atoms with Crippen LogP contribution in [0.15, 0.2) is 90.1 Å². The number of oxime groups is 1. The fraction of sp³-hybridized carbons (Fsp3) is 0.569. The number of nitro groups is 1. The highest BCUT2D eigenvalue weighted by Gasteiger charge is 2.65. The summed E-state index contributed by atoms with van der Waals surface area (Å²) >= 11 is 0. The van der Waals surface area contributed by atoms with Gasteiger partial charge in [0.2, 0.25) is 5.79 Å². The van der Waals surface area contributed by atoms with Gasteiger partial charge in [-0.15, -0.1) is 6.58 Å². The fourth-order valence-electron chi connectivity index (χ4n) is 11.1. The highest BCUT2D eigenvalue weighted by molar-refractivity contribution is 6.03. The molecule has 73 heavy (non-hydrogen) atoms. The second kappa shape index (κ2) is 29.2. The fourth-order valence-corrected chi connectivity index (χ4v) is 11.1. The molecule has 1 saturated carbocycles. The van der Waals surface area contributed by atoms with Gasteiger partial charge in [0.1, 0.15) is 35.6 Å². The van der Waals surface area contributed by atoms with Gasteiger partial charge in [-0.2, -0.15) is 0 Å². The van der Waals surface area contributed by atoms with E-state index in [4.69, 9.17) is 33.7 Å². The number of amides is 1. The number of carbonyl (C=O) groups excluding carboxylic acids is 2. The third-order valence-corrected chi connectivity index (χ3v) is 14.6. The number of non-ortho nitro benzene ring substituents is 1. The molecule has 15 heteroatoms. The van der Waals surface area contributed by atoms with Crippen LogP contribution in [0.3, 0.4) is 0 Å². The Morgan fingerprint density at radius 3 is 2.23 bits per heavy atom. The van der Waals surface area contributed by atoms with E-state index in [2.05, 4.69) is 19.6 Å². The van der Waals surface area contributed by atoms with Crippen LogP contribution in [0.2, 0.25) is 0 Å². The number of hydrogen-bond acceptors (Lipinski definition) is 13. The molecule has 3 aromatic rings. The Kier molecular flexibility index (Phi) is 22.6. The van der Waals surface area contributed by atoms with E-state index in [1.54, 1.807) is 41.3 Å². The molecule has 0 bridgehead atoms. The molecule has 398 valence electrons. The number of unbranched alkanes of at least 4 members (excludes halogenated alkanes) is 11. The van der Waals surface area contributed by atoms with Crippen molar-refractivity contribution in [2.75, 3.05) is 40.1 Å². The molecule has 6 atom stereocenters. The molecule has 0 aromatic heterocycles. The largest absolute Gasteiger partial charge is 0.496 e. The Bertz CT molecular complexity index is 2300. The molecular weight excluding hydrogens is 931 g/mol. The van der Waals surface area contributed by atoms with Crippen LogP contribution in [0.25, 0.3) is 0 Å². The van der Waals surface area contributed by atoms with Crippen LogP contribution in [0, 0.1) is 27.9 Å². The SMILES string of the molecule is C=CCOC12Oc3ccc(Oc4ccc(OC)c(C=O)c4)cc3C3C(CCCCO)C(CCCCO)C=C(C(=NOCc4ccc([N+](=O)[O-])cc4)CC1N(CCC)C(=O)OCCCCCCCCCCCC)C32. The van der Waals surface area contributed by atoms with Crippen molar-refractivity contribution in [1.29, 1.82) is 0 Å². The summed E-state index contributed by atoms with van der Waals surface area (Å²) < 4.78 is 32.6. The summed E-state index contributed by atoms with van der Waals surface area (Å²) in [5.74, 6) is -0.459. The number of hydrogen-bond donors (Lipinski definition) is 2. The van der Waals surface area contributed by atoms with Gasteiger partial charge in [0, 0.05) is 49.8 Å². The van der Waals surface area contributed by atoms with Gasteiger partial charge in [-0.3, -0.25) is 19.8 Å². The number of carbonyl (C=O) groups is 2. The number of fused-ring (bicyclic) bond motifs is 2. The first-order chi connectivity index (χ1) is 35.7. The summed E-state index contributed by atoms with van der Waals surface area (Å²) in [5, 5.41) is 36.4. The molecule has 3 aliphatic rings. The lowest BCUT2D eigenvalue weighted by molar-refractivity contribution is -0.384. The maximum atomic E-state index is 14.7. The van der Waals surface area contributed by atoms with E-state index in [0.717, 1.165) is 62.4 Å². The lowest BCUT2D eigenvalue weighted by atomic mass is 9.55. The number of nitro benzene ring substituents is 1. The Balaban J connectivity index is 1.45. The topological polar surface area (TPSA) is 189 Å². The van der Waals surface area contributed by atoms with Crippen LogP contribution in [0.4, 0.5) is 10.5 Å². The molecule has 6 unspecified atom stereocenters. The normalized spacial score (nSPS) is 21.2. The molecule has 15 nitrogen and oxygen atoms in total. The summed E-state index contributed by atoms with van der Waals surface area (Å²) in [4.78, 5) is 45.7. The predicted molar refractivity (Wildman–Crippen MR) is 281 cm³/mol. The summed E-state index contributed by atoms with van der Waals surface area (Å²) in [6.45, 7) is 9.16. The number of rotatable bonds is 33. The molecule has 3 aromatic carbocycles. The first-order valence-corrected chi connectivity index (χ1v) is 26.8. The molecule has 1 fully saturated rings. The molecule has 0 radical (unpaired) electrons. The minimum Gasteiger partial charge on any atom is -0.496 e. The van der Waals surface area contributed by atoms with Gasteiger partial charge in [-0.25, -0.2) is 4.79 Å². The van der Waals surface area contributed by atoms with Crippen molar-refractivity contribution >= 4 is 23.8 Å². The van der Waals surface area contributed by atoms with Gasteiger partial charge in [0.25, 0.3) is 5.69 Å². The molecule has 0 spiro atoms. The van der Waals surface area contributed by atoms with Crippen LogP contribution >= 0.6 is 0 Å². The second-order valence-electron chi connectivity index (χ2n) is 19.6. The number of aliphatic hydroxyl groups excluding tert-OH is 2. The van der Waals surface area contributed by atoms with Crippen molar-refractivity contribution in [3.05, 3.63) is 112 Å². The molecule has 1 amide bonds. The lowest BCUT2D eigenvalue weighted by Crippen LogP contribution is -2.70. The lowest BCUT2D eigenvalue weighted by Gasteiger charge is -2.59. The van der Waals surface area contributed by atoms with Crippen molar-refractivity contribution in [3.63, 3.8) is 0 Å². The standard InChI is InChI=1S/C58H79N3O12/c1-5-8-9-10-11-12-13-14-15-20-35-69-57(65)60(31-6-2)54-39-51(59-71-41-42-23-25-45(26-24-42)61(66)67)49-37-43(21-16-18-32-62)48(22-17-19-33-63)55-50-38-47(72-46-27-29-52(68-4)44(36-46)40-64)28-30-53(50)73-58(54,56(49)55)70-34-7-3/h7,23-30,36-38,40,43,48,54-56,62-63H,3,5-6,8-22,31-35,39,41H2,1-2,4H3. The number of benzene rings is 3. The second-order valence-corrected chi connectivity index (χ2v) is 19.6. The zero-order valence-corrected chi connectivity index (χ0v) is 43.4. The summed E-state index contributed by atoms with van der Waals surface area (Å²) in [6, 6.07) is 16.2. The first kappa shape index (κ1) is 56.5. The number of ether oxygens (including phenoxy) is 5. The van der Waals surface area contributed by atoms with E-state index >= 15 is 0 Å². The quantitative estimate of drug-likeness (QED) is 0.0193. The van der Waals surface area contributed by atoms with Gasteiger partial charge in [-0.1, -0.05) is 102 Å². The van der Waals surface area contributed by atoms with Crippen molar-refractivity contribution in [3.8, 4) is 23.0 Å². The summed E-state index contributed by atoms with van der Waals surface area (Å²) in [6.07, 6.45) is 20.8. The minimum atomic E-state index is -1.48. The van der Waals surface area contributed by atoms with E-state index in [1.807, 2.05) is 25.1 Å². The molecule has 1 heterocycles. The van der Waals surface area contributed by atoms with Crippen molar-refractivity contribution in [1.82, 2.24) is 4.90 Å². The number of aldehydes is 1. The van der Waals surface area contributed by atoms with Gasteiger partial charge in [0.05, 0.1) is 42.4 Å². The van der Waals surface area contributed by atoms with E-state index in [0.29, 0.717) is 65.6 Å². The molecule has 0 saturated heterocycles. The maximum absolute atomic E-state index is 14.7. The molecule has 6 rings (SSSR count). The van der Waals surface area contributed by atoms with Crippen molar-refractivity contribution in [2.45, 2.75) is 154 Å². The number of methoxy groups -OCH3 is 1. The number of aliphatic hydroxyl groups is 2. The molecule has 1 aliphatic heterocycles. The average Bonchev–Trinajstić information content (AvgIpc) is 3.40. The zero-order valence-electron chi connectivity index (χ0n) is 43.4. The van der Waals surface area contributed by atoms with Crippen LogP contribution in [0.1, 0.15) is 157 Å². The Morgan fingerprint density at radius 1 is 0.890 bits per heavy atom. The van der Waals surface area contributed by atoms with Gasteiger partial charge in [-0.05, 0) is 110 Å². The monoisotopic (exact) mass is 1010 g/mol. The third-order valence-electron chi connectivity index (χ3n) is 14.6. The molecule has 2 aliphatic carbocycles. The number of allylic oxidation sites excluding steroid dienone is 1. The Labute approximate surface area is 432 Å². The van der Waals surface area contributed by atoms with Crippen LogP contribution in [0.5, 0.6) is 23.0 Å². The predicted octanol–water partition coefficient (Wildman–Crippen LogP) is 12.8. The van der Waals surface area contributed by atoms with E-state index in [-0.39, 0.29) is 62.9 Å². The van der Waals surface area contributed by atoms with E-state index in [1.165, 1.54) is 64.2 Å². The van der Waals surface area contributed by atoms with Crippen LogP contribution < -0.4 is 14.2 Å². The third kappa shape index (κ3) is 14.7. The summed E-state index contributed by atoms with van der Waals surface area (Å²) in [7, 11) is 1.51. The zero-order chi connectivity index (χ0) is 52.0. The van der Waals surface area contributed by atoms with Crippen LogP contribution in [-0.4, -0.2) is 90.0 Å².